The zero-order chi connectivity index (χ0) is 36.5. The Morgan fingerprint density at radius 1 is 0.500 bits per heavy atom. The molecule has 2 atom stereocenters. The third-order valence-electron chi connectivity index (χ3n) is 10.8. The number of aromatic hydroxyl groups is 2. The largest absolute Gasteiger partial charge is 0.507 e. The minimum atomic E-state index is -0.257. The van der Waals surface area contributed by atoms with Crippen molar-refractivity contribution in [3.05, 3.63) is 129 Å². The van der Waals surface area contributed by atoms with Gasteiger partial charge in [0.05, 0.1) is 12.1 Å². The predicted octanol–water partition coefficient (Wildman–Crippen LogP) is 11.2. The molecule has 0 radical (unpaired) electrons. The summed E-state index contributed by atoms with van der Waals surface area (Å²) in [6.45, 7) is 21.8. The third-order valence-corrected chi connectivity index (χ3v) is 10.8. The lowest BCUT2D eigenvalue weighted by atomic mass is 9.74. The van der Waals surface area contributed by atoms with Gasteiger partial charge in [-0.3, -0.25) is 9.98 Å². The van der Waals surface area contributed by atoms with E-state index in [0.717, 1.165) is 59.1 Å². The van der Waals surface area contributed by atoms with Crippen LogP contribution < -0.4 is 0 Å². The third kappa shape index (κ3) is 7.90. The quantitative estimate of drug-likeness (QED) is 0.183. The van der Waals surface area contributed by atoms with Crippen LogP contribution in [0.1, 0.15) is 139 Å². The van der Waals surface area contributed by atoms with Crippen LogP contribution >= 0.6 is 0 Å². The molecule has 4 aromatic carbocycles. The van der Waals surface area contributed by atoms with Gasteiger partial charge in [0.25, 0.3) is 0 Å². The zero-order valence-electron chi connectivity index (χ0n) is 32.0. The van der Waals surface area contributed by atoms with Crippen molar-refractivity contribution >= 4 is 12.4 Å². The second-order valence-electron chi connectivity index (χ2n) is 17.4. The van der Waals surface area contributed by atoms with E-state index in [1.165, 1.54) is 11.1 Å². The highest BCUT2D eigenvalue weighted by atomic mass is 16.3. The van der Waals surface area contributed by atoms with Gasteiger partial charge in [-0.15, -0.1) is 0 Å². The summed E-state index contributed by atoms with van der Waals surface area (Å²) in [5, 5.41) is 23.2. The molecule has 1 aliphatic carbocycles. The topological polar surface area (TPSA) is 65.2 Å². The van der Waals surface area contributed by atoms with Gasteiger partial charge >= 0.3 is 0 Å². The van der Waals surface area contributed by atoms with Crippen molar-refractivity contribution < 1.29 is 10.2 Å². The molecule has 50 heavy (non-hydrogen) atoms. The summed E-state index contributed by atoms with van der Waals surface area (Å²) in [6, 6.07) is 29.6. The Kier molecular flexibility index (Phi) is 10.5. The molecule has 0 aliphatic heterocycles. The molecule has 4 heteroatoms. The normalized spacial score (nSPS) is 17.9. The maximum Gasteiger partial charge on any atom is 0.128 e. The van der Waals surface area contributed by atoms with E-state index < -0.39 is 0 Å². The summed E-state index contributed by atoms with van der Waals surface area (Å²) >= 11 is 0. The Morgan fingerprint density at radius 3 is 1.16 bits per heavy atom. The van der Waals surface area contributed by atoms with Crippen LogP contribution in [0.2, 0.25) is 0 Å². The number of phenolic OH excluding ortho intramolecular Hbond substituents is 2. The van der Waals surface area contributed by atoms with E-state index in [1.54, 1.807) is 0 Å². The van der Waals surface area contributed by atoms with Crippen LogP contribution in [0.5, 0.6) is 11.5 Å². The smallest absolute Gasteiger partial charge is 0.128 e. The van der Waals surface area contributed by atoms with Crippen molar-refractivity contribution in [2.75, 3.05) is 0 Å². The number of nitrogens with zero attached hydrogens (tertiary/aromatic N) is 2. The maximum atomic E-state index is 11.6. The number of aliphatic imine (C=N–C) groups is 2. The van der Waals surface area contributed by atoms with E-state index in [4.69, 9.17) is 9.98 Å². The van der Waals surface area contributed by atoms with Crippen molar-refractivity contribution in [2.45, 2.75) is 129 Å². The number of rotatable bonds is 8. The Labute approximate surface area is 301 Å². The molecule has 264 valence electrons. The van der Waals surface area contributed by atoms with Gasteiger partial charge in [-0.25, -0.2) is 0 Å². The highest BCUT2D eigenvalue weighted by Gasteiger charge is 2.31. The molecule has 2 N–H and O–H groups in total. The fraction of sp³-hybridized carbons (Fsp3) is 0.435. The summed E-state index contributed by atoms with van der Waals surface area (Å²) in [4.78, 5) is 10.3. The van der Waals surface area contributed by atoms with Crippen LogP contribution in [-0.2, 0) is 21.7 Å². The summed E-state index contributed by atoms with van der Waals surface area (Å²) in [6.07, 6.45) is 7.81. The molecule has 1 saturated carbocycles. The number of hydrogen-bond acceptors (Lipinski definition) is 4. The van der Waals surface area contributed by atoms with Gasteiger partial charge in [0.2, 0.25) is 0 Å². The van der Waals surface area contributed by atoms with E-state index in [2.05, 4.69) is 142 Å². The number of hydrogen-bond donors (Lipinski definition) is 2. The molecule has 4 nitrogen and oxygen atoms in total. The molecule has 0 aromatic heterocycles. The molecule has 4 aromatic rings. The van der Waals surface area contributed by atoms with E-state index in [9.17, 15) is 10.2 Å². The average Bonchev–Trinajstić information content (AvgIpc) is 3.07. The van der Waals surface area contributed by atoms with Gasteiger partial charge in [0.1, 0.15) is 11.5 Å². The highest BCUT2D eigenvalue weighted by molar-refractivity contribution is 5.86. The molecule has 0 spiro atoms. The molecule has 0 heterocycles. The summed E-state index contributed by atoms with van der Waals surface area (Å²) < 4.78 is 0. The van der Waals surface area contributed by atoms with E-state index in [1.807, 2.05) is 24.6 Å². The lowest BCUT2D eigenvalue weighted by Gasteiger charge is -2.30. The second-order valence-corrected chi connectivity index (χ2v) is 17.4. The summed E-state index contributed by atoms with van der Waals surface area (Å²) in [5.41, 5.74) is 7.07. The monoisotopic (exact) mass is 670 g/mol. The minimum absolute atomic E-state index is 0.0172. The Bertz CT molecular complexity index is 1700. The molecule has 2 unspecified atom stereocenters. The van der Waals surface area contributed by atoms with Gasteiger partial charge in [0, 0.05) is 45.5 Å². The van der Waals surface area contributed by atoms with Gasteiger partial charge < -0.3 is 10.2 Å². The van der Waals surface area contributed by atoms with E-state index >= 15 is 0 Å². The molecule has 0 saturated heterocycles. The Hall–Kier alpha value is -4.18. The van der Waals surface area contributed by atoms with Gasteiger partial charge in [-0.1, -0.05) is 155 Å². The van der Waals surface area contributed by atoms with Crippen molar-refractivity contribution in [2.24, 2.45) is 9.98 Å². The van der Waals surface area contributed by atoms with E-state index in [0.29, 0.717) is 11.5 Å². The predicted molar refractivity (Wildman–Crippen MR) is 212 cm³/mol. The van der Waals surface area contributed by atoms with Crippen molar-refractivity contribution in [1.29, 1.82) is 0 Å². The fourth-order valence-corrected chi connectivity index (χ4v) is 7.21. The van der Waals surface area contributed by atoms with Crippen LogP contribution in [0.15, 0.2) is 94.9 Å². The molecule has 0 amide bonds. The highest BCUT2D eigenvalue weighted by Crippen LogP contribution is 2.41. The van der Waals surface area contributed by atoms with Gasteiger partial charge in [-0.2, -0.15) is 0 Å². The first kappa shape index (κ1) is 37.1. The molecule has 1 fully saturated rings. The first-order chi connectivity index (χ1) is 23.4. The first-order valence-corrected chi connectivity index (χ1v) is 18.3. The minimum Gasteiger partial charge on any atom is -0.507 e. The average molecular weight is 671 g/mol. The molecule has 1 aliphatic rings. The van der Waals surface area contributed by atoms with Crippen molar-refractivity contribution in [3.63, 3.8) is 0 Å². The molecular weight excluding hydrogens is 613 g/mol. The Balaban J connectivity index is 1.51. The molecule has 0 bridgehead atoms. The maximum absolute atomic E-state index is 11.6. The first-order valence-electron chi connectivity index (χ1n) is 18.3. The number of phenols is 2. The molecule has 5 rings (SSSR count). The van der Waals surface area contributed by atoms with Crippen LogP contribution in [0.3, 0.4) is 0 Å². The second kappa shape index (κ2) is 14.2. The number of benzene rings is 4. The van der Waals surface area contributed by atoms with Crippen LogP contribution in [-0.4, -0.2) is 34.7 Å². The zero-order valence-corrected chi connectivity index (χ0v) is 32.0. The van der Waals surface area contributed by atoms with Crippen LogP contribution in [0.4, 0.5) is 0 Å². The Morgan fingerprint density at radius 2 is 0.840 bits per heavy atom. The summed E-state index contributed by atoms with van der Waals surface area (Å²) in [7, 11) is 0. The fourth-order valence-electron chi connectivity index (χ4n) is 7.21. The SMILES string of the molecule is CC(C)(C)c1cc(C(C)(C)c2ccccc2)cc(C=NC2CCCCC2N=Cc2cc(C(C)(C)c3ccccc3)cc(C(C)(C)C)c2O)c1O. The van der Waals surface area contributed by atoms with E-state index in [-0.39, 0.29) is 33.7 Å². The van der Waals surface area contributed by atoms with Crippen molar-refractivity contribution in [3.8, 4) is 11.5 Å². The molecular formula is C46H58N2O2. The van der Waals surface area contributed by atoms with Gasteiger partial charge in [-0.05, 0) is 58.1 Å². The lowest BCUT2D eigenvalue weighted by Crippen LogP contribution is -2.27. The standard InChI is InChI=1S/C46H58N2O2/c1-43(2,3)37-27-35(45(7,8)33-19-13-11-14-20-33)25-31(41(37)49)29-47-39-23-17-18-24-40(39)48-30-32-26-36(28-38(42(32)50)44(4,5)6)46(9,10)34-21-15-12-16-22-34/h11-16,19-22,25-30,39-40,49-50H,17-18,23-24H2,1-10H3. The summed E-state index contributed by atoms with van der Waals surface area (Å²) in [5.74, 6) is 0.587. The van der Waals surface area contributed by atoms with Crippen molar-refractivity contribution in [1.82, 2.24) is 0 Å². The van der Waals surface area contributed by atoms with Gasteiger partial charge in [0.15, 0.2) is 0 Å². The lowest BCUT2D eigenvalue weighted by molar-refractivity contribution is 0.389. The van der Waals surface area contributed by atoms with Crippen LogP contribution in [0.25, 0.3) is 0 Å². The van der Waals surface area contributed by atoms with Crippen LogP contribution in [0, 0.1) is 0 Å².